The quantitative estimate of drug-likeness (QED) is 0.512. The maximum atomic E-state index is 8.30. The normalized spacial score (nSPS) is 13.3. The largest absolute Gasteiger partial charge is 0.330 e. The summed E-state index contributed by atoms with van der Waals surface area (Å²) in [6.45, 7) is 7.50. The Balaban J connectivity index is 3.78. The van der Waals surface area contributed by atoms with Crippen LogP contribution in [-0.2, 0) is 4.52 Å². The van der Waals surface area contributed by atoms with Crippen LogP contribution in [0.1, 0.15) is 27.2 Å². The summed E-state index contributed by atoms with van der Waals surface area (Å²) in [5.41, 5.74) is 0. The zero-order valence-electron chi connectivity index (χ0n) is 8.33. The van der Waals surface area contributed by atoms with E-state index < -0.39 is 7.65 Å². The van der Waals surface area contributed by atoms with Crippen molar-refractivity contribution in [2.75, 3.05) is 13.2 Å². The second-order valence-electron chi connectivity index (χ2n) is 2.82. The number of hydrogen-bond acceptors (Lipinski definition) is 3. The molecule has 0 rings (SSSR count). The van der Waals surface area contributed by atoms with E-state index in [1.165, 1.54) is 0 Å². The van der Waals surface area contributed by atoms with Crippen LogP contribution in [0.5, 0.6) is 0 Å². The van der Waals surface area contributed by atoms with Crippen molar-refractivity contribution in [2.45, 2.75) is 33.2 Å². The Hall–Kier alpha value is 0.130. The van der Waals surface area contributed by atoms with Gasteiger partial charge in [0.15, 0.2) is 0 Å². The third kappa shape index (κ3) is 5.44. The molecule has 0 bridgehead atoms. The number of nitrogens with zero attached hydrogens (tertiary/aromatic N) is 2. The summed E-state index contributed by atoms with van der Waals surface area (Å²) < 4.78 is 7.41. The van der Waals surface area contributed by atoms with Gasteiger partial charge in [0.05, 0.1) is 19.1 Å². The highest BCUT2D eigenvalue weighted by atomic mass is 35.7. The fourth-order valence-corrected chi connectivity index (χ4v) is 2.93. The lowest BCUT2D eigenvalue weighted by molar-refractivity contribution is 0.303. The van der Waals surface area contributed by atoms with E-state index in [4.69, 9.17) is 21.0 Å². The van der Waals surface area contributed by atoms with E-state index in [9.17, 15) is 0 Å². The van der Waals surface area contributed by atoms with Gasteiger partial charge in [0.25, 0.3) is 0 Å². The molecule has 1 atom stereocenters. The predicted molar refractivity (Wildman–Crippen MR) is 56.5 cm³/mol. The highest BCUT2D eigenvalue weighted by Gasteiger charge is 2.18. The van der Waals surface area contributed by atoms with Crippen molar-refractivity contribution in [3.05, 3.63) is 0 Å². The lowest BCUT2D eigenvalue weighted by Gasteiger charge is -2.27. The molecular formula is C8H16ClN2OP. The zero-order chi connectivity index (χ0) is 10.3. The average Bonchev–Trinajstić information content (AvgIpc) is 2.05. The monoisotopic (exact) mass is 222 g/mol. The van der Waals surface area contributed by atoms with Gasteiger partial charge in [0.1, 0.15) is 0 Å². The van der Waals surface area contributed by atoms with E-state index in [-0.39, 0.29) is 0 Å². The number of hydrogen-bond donors (Lipinski definition) is 0. The first kappa shape index (κ1) is 13.1. The summed E-state index contributed by atoms with van der Waals surface area (Å²) in [5.74, 6) is 0. The van der Waals surface area contributed by atoms with Crippen molar-refractivity contribution < 1.29 is 4.52 Å². The van der Waals surface area contributed by atoms with E-state index in [1.807, 2.05) is 13.0 Å². The van der Waals surface area contributed by atoms with Crippen LogP contribution in [0.2, 0.25) is 0 Å². The molecule has 0 N–H and O–H groups in total. The molecule has 0 saturated heterocycles. The van der Waals surface area contributed by atoms with E-state index >= 15 is 0 Å². The molecule has 0 radical (unpaired) electrons. The lowest BCUT2D eigenvalue weighted by atomic mass is 10.4. The van der Waals surface area contributed by atoms with Crippen molar-refractivity contribution in [1.29, 1.82) is 5.26 Å². The van der Waals surface area contributed by atoms with Crippen molar-refractivity contribution >= 4 is 18.9 Å². The van der Waals surface area contributed by atoms with Crippen LogP contribution < -0.4 is 0 Å². The van der Waals surface area contributed by atoms with Gasteiger partial charge >= 0.3 is 0 Å². The molecule has 0 amide bonds. The van der Waals surface area contributed by atoms with Gasteiger partial charge in [-0.2, -0.15) is 5.26 Å². The van der Waals surface area contributed by atoms with Crippen LogP contribution in [0, 0.1) is 11.3 Å². The highest BCUT2D eigenvalue weighted by molar-refractivity contribution is 7.78. The van der Waals surface area contributed by atoms with Crippen LogP contribution in [0.4, 0.5) is 0 Å². The molecule has 0 heterocycles. The SMILES string of the molecule is CCN(C(C)C)P(Cl)OCCC#N. The smallest absolute Gasteiger partial charge is 0.207 e. The third-order valence-corrected chi connectivity index (χ3v) is 3.95. The van der Waals surface area contributed by atoms with Gasteiger partial charge in [-0.05, 0) is 25.1 Å². The molecule has 1 unspecified atom stereocenters. The summed E-state index contributed by atoms with van der Waals surface area (Å²) in [4.78, 5) is 0. The molecule has 0 aromatic heterocycles. The van der Waals surface area contributed by atoms with E-state index in [0.717, 1.165) is 6.54 Å². The van der Waals surface area contributed by atoms with Crippen molar-refractivity contribution in [1.82, 2.24) is 4.67 Å². The van der Waals surface area contributed by atoms with E-state index in [1.54, 1.807) is 0 Å². The fraction of sp³-hybridized carbons (Fsp3) is 0.875. The minimum absolute atomic E-state index is 0.385. The fourth-order valence-electron chi connectivity index (χ4n) is 0.899. The highest BCUT2D eigenvalue weighted by Crippen LogP contribution is 2.47. The lowest BCUT2D eigenvalue weighted by Crippen LogP contribution is -2.24. The molecule has 0 aromatic carbocycles. The first-order valence-corrected chi connectivity index (χ1v) is 6.47. The van der Waals surface area contributed by atoms with Crippen LogP contribution in [-0.4, -0.2) is 23.9 Å². The standard InChI is InChI=1S/C8H16ClN2OP/c1-4-11(8(2)3)13(9)12-7-5-6-10/h8H,4-5,7H2,1-3H3. The summed E-state index contributed by atoms with van der Waals surface area (Å²) in [6.07, 6.45) is 0.404. The van der Waals surface area contributed by atoms with Gasteiger partial charge in [0.2, 0.25) is 7.65 Å². The Labute approximate surface area is 86.3 Å². The van der Waals surface area contributed by atoms with Crippen molar-refractivity contribution in [3.8, 4) is 6.07 Å². The first-order chi connectivity index (χ1) is 6.13. The zero-order valence-corrected chi connectivity index (χ0v) is 9.98. The topological polar surface area (TPSA) is 36.3 Å². The maximum Gasteiger partial charge on any atom is 0.207 e. The molecule has 3 nitrogen and oxygen atoms in total. The van der Waals surface area contributed by atoms with Crippen LogP contribution >= 0.6 is 18.9 Å². The van der Waals surface area contributed by atoms with Crippen LogP contribution in [0.15, 0.2) is 0 Å². The van der Waals surface area contributed by atoms with Gasteiger partial charge < -0.3 is 4.52 Å². The second-order valence-corrected chi connectivity index (χ2v) is 4.91. The van der Waals surface area contributed by atoms with Crippen LogP contribution in [0.25, 0.3) is 0 Å². The Morgan fingerprint density at radius 2 is 2.23 bits per heavy atom. The molecule has 5 heteroatoms. The van der Waals surface area contributed by atoms with Gasteiger partial charge in [-0.15, -0.1) is 0 Å². The minimum Gasteiger partial charge on any atom is -0.330 e. The van der Waals surface area contributed by atoms with Gasteiger partial charge in [-0.3, -0.25) is 0 Å². The molecule has 0 aliphatic carbocycles. The van der Waals surface area contributed by atoms with Crippen molar-refractivity contribution in [3.63, 3.8) is 0 Å². The Kier molecular flexibility index (Phi) is 7.60. The van der Waals surface area contributed by atoms with Gasteiger partial charge in [0, 0.05) is 12.6 Å². The molecular weight excluding hydrogens is 207 g/mol. The molecule has 0 fully saturated rings. The van der Waals surface area contributed by atoms with Gasteiger partial charge in [-0.25, -0.2) is 4.67 Å². The average molecular weight is 223 g/mol. The molecule has 0 aromatic rings. The Morgan fingerprint density at radius 1 is 1.62 bits per heavy atom. The minimum atomic E-state index is -1.04. The predicted octanol–water partition coefficient (Wildman–Crippen LogP) is 3.11. The van der Waals surface area contributed by atoms with E-state index in [0.29, 0.717) is 19.1 Å². The molecule has 0 aliphatic heterocycles. The second kappa shape index (κ2) is 7.53. The number of halogens is 1. The third-order valence-electron chi connectivity index (χ3n) is 1.53. The summed E-state index contributed by atoms with van der Waals surface area (Å²) in [7, 11) is -1.04. The molecule has 76 valence electrons. The van der Waals surface area contributed by atoms with Crippen molar-refractivity contribution in [2.24, 2.45) is 0 Å². The number of rotatable bonds is 6. The molecule has 0 saturated carbocycles. The van der Waals surface area contributed by atoms with E-state index in [2.05, 4.69) is 18.5 Å². The summed E-state index contributed by atoms with van der Waals surface area (Å²) in [5, 5.41) is 8.30. The Bertz CT molecular complexity index is 172. The molecule has 13 heavy (non-hydrogen) atoms. The van der Waals surface area contributed by atoms with Gasteiger partial charge in [-0.1, -0.05) is 6.92 Å². The Morgan fingerprint density at radius 3 is 2.62 bits per heavy atom. The number of nitriles is 1. The van der Waals surface area contributed by atoms with Crippen LogP contribution in [0.3, 0.4) is 0 Å². The summed E-state index contributed by atoms with van der Waals surface area (Å²) in [6, 6.07) is 2.40. The summed E-state index contributed by atoms with van der Waals surface area (Å²) >= 11 is 6.04. The molecule has 0 spiro atoms. The first-order valence-electron chi connectivity index (χ1n) is 4.35. The molecule has 0 aliphatic rings. The maximum absolute atomic E-state index is 8.30.